The Morgan fingerprint density at radius 2 is 2.11 bits per heavy atom. The molecule has 0 unspecified atom stereocenters. The summed E-state index contributed by atoms with van der Waals surface area (Å²) in [5, 5.41) is 9.51. The molecule has 28 heavy (non-hydrogen) atoms. The van der Waals surface area contributed by atoms with Gasteiger partial charge in [-0.05, 0) is 73.9 Å². The Morgan fingerprint density at radius 3 is 2.82 bits per heavy atom. The van der Waals surface area contributed by atoms with Gasteiger partial charge in [-0.15, -0.1) is 0 Å². The molecule has 0 saturated heterocycles. The molecule has 0 N–H and O–H groups in total. The predicted octanol–water partition coefficient (Wildman–Crippen LogP) is 6.99. The number of thioether (sulfide) groups is 1. The van der Waals surface area contributed by atoms with Gasteiger partial charge in [0, 0.05) is 9.81 Å². The van der Waals surface area contributed by atoms with Crippen molar-refractivity contribution in [1.29, 1.82) is 5.26 Å². The molecule has 0 heterocycles. The maximum atomic E-state index is 9.51. The zero-order valence-corrected chi connectivity index (χ0v) is 17.7. The third-order valence-electron chi connectivity index (χ3n) is 4.82. The number of hydrogen-bond acceptors (Lipinski definition) is 3. The number of ether oxygens (including phenoxy) is 1. The van der Waals surface area contributed by atoms with E-state index in [0.717, 1.165) is 23.3 Å². The van der Waals surface area contributed by atoms with Crippen LogP contribution in [0.15, 0.2) is 49.1 Å². The van der Waals surface area contributed by atoms with E-state index in [1.54, 1.807) is 11.8 Å². The Morgan fingerprint density at radius 1 is 1.29 bits per heavy atom. The highest BCUT2D eigenvalue weighted by molar-refractivity contribution is 8.16. The number of benzene rings is 2. The van der Waals surface area contributed by atoms with Crippen molar-refractivity contribution in [3.63, 3.8) is 0 Å². The van der Waals surface area contributed by atoms with Crippen LogP contribution in [0.25, 0.3) is 9.81 Å². The van der Waals surface area contributed by atoms with E-state index in [2.05, 4.69) is 43.8 Å². The number of nitriles is 1. The molecule has 0 aliphatic heterocycles. The van der Waals surface area contributed by atoms with Crippen LogP contribution in [0.3, 0.4) is 0 Å². The van der Waals surface area contributed by atoms with Crippen molar-refractivity contribution in [3.05, 3.63) is 76.9 Å². The second-order valence-electron chi connectivity index (χ2n) is 7.29. The maximum absolute atomic E-state index is 9.51. The number of rotatable bonds is 7. The number of fused-ring (bicyclic) bond motifs is 1. The summed E-state index contributed by atoms with van der Waals surface area (Å²) in [4.78, 5) is 2.20. The van der Waals surface area contributed by atoms with Crippen LogP contribution in [0.1, 0.15) is 61.4 Å². The van der Waals surface area contributed by atoms with Gasteiger partial charge < -0.3 is 4.74 Å². The average Bonchev–Trinajstić information content (AvgIpc) is 3.16. The molecule has 144 valence electrons. The van der Waals surface area contributed by atoms with Crippen molar-refractivity contribution in [2.75, 3.05) is 0 Å². The molecule has 0 aromatic heterocycles. The minimum Gasteiger partial charge on any atom is -0.490 e. The van der Waals surface area contributed by atoms with E-state index in [1.165, 1.54) is 34.4 Å². The molecule has 2 nitrogen and oxygen atoms in total. The van der Waals surface area contributed by atoms with Crippen LogP contribution in [0.5, 0.6) is 5.75 Å². The minimum atomic E-state index is 0.0368. The van der Waals surface area contributed by atoms with E-state index in [0.29, 0.717) is 11.3 Å². The molecule has 0 spiro atoms. The molecular formula is C25H27NOS. The predicted molar refractivity (Wildman–Crippen MR) is 120 cm³/mol. The van der Waals surface area contributed by atoms with Gasteiger partial charge in [0.15, 0.2) is 0 Å². The van der Waals surface area contributed by atoms with Gasteiger partial charge in [-0.2, -0.15) is 5.26 Å². The van der Waals surface area contributed by atoms with Crippen LogP contribution in [0.2, 0.25) is 0 Å². The highest BCUT2D eigenvalue weighted by atomic mass is 32.2. The largest absolute Gasteiger partial charge is 0.490 e. The molecule has 0 amide bonds. The second-order valence-corrected chi connectivity index (χ2v) is 8.42. The van der Waals surface area contributed by atoms with Crippen molar-refractivity contribution < 1.29 is 4.74 Å². The molecule has 1 aliphatic carbocycles. The van der Waals surface area contributed by atoms with Crippen LogP contribution in [-0.4, -0.2) is 6.10 Å². The molecular weight excluding hydrogens is 362 g/mol. The average molecular weight is 390 g/mol. The quantitative estimate of drug-likeness (QED) is 0.511. The van der Waals surface area contributed by atoms with Crippen molar-refractivity contribution in [2.45, 2.75) is 52.6 Å². The fraction of sp³-hybridized carbons (Fsp3) is 0.320. The first kappa shape index (κ1) is 20.3. The molecule has 2 aromatic rings. The standard InChI is InChI=1S/C25H27NOS/c1-5-8-25(23-12-7-10-19-9-6-11-22(19)23)28-18(4)20-13-14-24(27-17(2)3)21(15-20)16-26/h7-8,10,12-15,17H,4-6,9,11H2,1-3H3. The van der Waals surface area contributed by atoms with Gasteiger partial charge in [0.05, 0.1) is 11.7 Å². The first-order chi connectivity index (χ1) is 13.5. The van der Waals surface area contributed by atoms with E-state index in [-0.39, 0.29) is 6.10 Å². The Hall–Kier alpha value is -2.44. The molecule has 0 fully saturated rings. The minimum absolute atomic E-state index is 0.0368. The lowest BCUT2D eigenvalue weighted by Gasteiger charge is -2.16. The number of nitrogens with zero attached hydrogens (tertiary/aromatic N) is 1. The summed E-state index contributed by atoms with van der Waals surface area (Å²) in [6, 6.07) is 14.6. The lowest BCUT2D eigenvalue weighted by Crippen LogP contribution is -2.06. The van der Waals surface area contributed by atoms with E-state index < -0.39 is 0 Å². The molecule has 3 heteroatoms. The number of allylic oxidation sites excluding steroid dienone is 1. The second kappa shape index (κ2) is 9.17. The zero-order valence-electron chi connectivity index (χ0n) is 16.9. The number of hydrogen-bond donors (Lipinski definition) is 0. The van der Waals surface area contributed by atoms with Crippen LogP contribution in [0, 0.1) is 11.3 Å². The normalized spacial score (nSPS) is 13.3. The number of aryl methyl sites for hydroxylation is 1. The zero-order chi connectivity index (χ0) is 20.1. The fourth-order valence-electron chi connectivity index (χ4n) is 3.58. The summed E-state index contributed by atoms with van der Waals surface area (Å²) in [6.45, 7) is 10.4. The molecule has 2 aromatic carbocycles. The Balaban J connectivity index is 1.87. The first-order valence-corrected chi connectivity index (χ1v) is 10.7. The highest BCUT2D eigenvalue weighted by Gasteiger charge is 2.18. The first-order valence-electron chi connectivity index (χ1n) is 9.92. The van der Waals surface area contributed by atoms with Crippen molar-refractivity contribution in [3.8, 4) is 11.8 Å². The smallest absolute Gasteiger partial charge is 0.137 e. The summed E-state index contributed by atoms with van der Waals surface area (Å²) in [5.74, 6) is 0.629. The monoisotopic (exact) mass is 389 g/mol. The van der Waals surface area contributed by atoms with Gasteiger partial charge in [-0.1, -0.05) is 55.6 Å². The molecule has 0 saturated carbocycles. The maximum Gasteiger partial charge on any atom is 0.137 e. The van der Waals surface area contributed by atoms with E-state index in [1.807, 2.05) is 32.0 Å². The molecule has 1 aliphatic rings. The molecule has 0 radical (unpaired) electrons. The van der Waals surface area contributed by atoms with E-state index >= 15 is 0 Å². The van der Waals surface area contributed by atoms with E-state index in [9.17, 15) is 5.26 Å². The van der Waals surface area contributed by atoms with Gasteiger partial charge in [0.1, 0.15) is 11.8 Å². The Bertz CT molecular complexity index is 950. The molecule has 3 rings (SSSR count). The molecule has 0 atom stereocenters. The van der Waals surface area contributed by atoms with Gasteiger partial charge in [-0.3, -0.25) is 0 Å². The van der Waals surface area contributed by atoms with Crippen LogP contribution < -0.4 is 4.74 Å². The summed E-state index contributed by atoms with van der Waals surface area (Å²) in [5.41, 5.74) is 5.82. The van der Waals surface area contributed by atoms with E-state index in [4.69, 9.17) is 4.74 Å². The van der Waals surface area contributed by atoms with Gasteiger partial charge in [0.25, 0.3) is 0 Å². The summed E-state index contributed by atoms with van der Waals surface area (Å²) >= 11 is 1.70. The Kier molecular flexibility index (Phi) is 6.65. The van der Waals surface area contributed by atoms with Gasteiger partial charge >= 0.3 is 0 Å². The van der Waals surface area contributed by atoms with Crippen LogP contribution >= 0.6 is 11.8 Å². The lowest BCUT2D eigenvalue weighted by atomic mass is 10.0. The van der Waals surface area contributed by atoms with Crippen molar-refractivity contribution in [2.24, 2.45) is 0 Å². The van der Waals surface area contributed by atoms with Crippen molar-refractivity contribution in [1.82, 2.24) is 0 Å². The van der Waals surface area contributed by atoms with Gasteiger partial charge in [0.2, 0.25) is 0 Å². The lowest BCUT2D eigenvalue weighted by molar-refractivity contribution is 0.241. The highest BCUT2D eigenvalue weighted by Crippen LogP contribution is 2.42. The third kappa shape index (κ3) is 4.51. The van der Waals surface area contributed by atoms with Crippen LogP contribution in [0.4, 0.5) is 0 Å². The SMILES string of the molecule is C=C(SC(=CCC)c1cccc2c1CCC2)c1ccc(OC(C)C)c(C#N)c1. The summed E-state index contributed by atoms with van der Waals surface area (Å²) < 4.78 is 5.74. The fourth-order valence-corrected chi connectivity index (χ4v) is 4.64. The summed E-state index contributed by atoms with van der Waals surface area (Å²) in [6.07, 6.45) is 6.86. The Labute approximate surface area is 172 Å². The van der Waals surface area contributed by atoms with Crippen LogP contribution in [-0.2, 0) is 12.8 Å². The van der Waals surface area contributed by atoms with Crippen molar-refractivity contribution >= 4 is 21.6 Å². The summed E-state index contributed by atoms with van der Waals surface area (Å²) in [7, 11) is 0. The van der Waals surface area contributed by atoms with Gasteiger partial charge in [-0.25, -0.2) is 0 Å². The topological polar surface area (TPSA) is 33.0 Å². The molecule has 0 bridgehead atoms. The third-order valence-corrected chi connectivity index (χ3v) is 5.91.